The fraction of sp³-hybridized carbons (Fsp3) is 0.400. The number of hydrogen-bond donors (Lipinski definition) is 2. The monoisotopic (exact) mass is 300 g/mol. The van der Waals surface area contributed by atoms with Gasteiger partial charge in [0.15, 0.2) is 0 Å². The van der Waals surface area contributed by atoms with Crippen LogP contribution < -0.4 is 10.0 Å². The fourth-order valence-corrected chi connectivity index (χ4v) is 2.41. The molecule has 1 aromatic carbocycles. The largest absolute Gasteiger partial charge is 0.416 e. The average Bonchev–Trinajstić information content (AvgIpc) is 2.27. The van der Waals surface area contributed by atoms with Crippen LogP contribution in [0.4, 0.5) is 17.6 Å². The van der Waals surface area contributed by atoms with Gasteiger partial charge in [0.1, 0.15) is 10.7 Å². The van der Waals surface area contributed by atoms with Gasteiger partial charge in [-0.05, 0) is 25.2 Å². The van der Waals surface area contributed by atoms with Crippen molar-refractivity contribution in [2.24, 2.45) is 0 Å². The van der Waals surface area contributed by atoms with Crippen molar-refractivity contribution in [3.63, 3.8) is 0 Å². The Balaban J connectivity index is 3.12. The summed E-state index contributed by atoms with van der Waals surface area (Å²) in [6.45, 7) is 0.203. The van der Waals surface area contributed by atoms with Crippen LogP contribution in [-0.2, 0) is 16.2 Å². The summed E-state index contributed by atoms with van der Waals surface area (Å²) in [6.07, 6.45) is -4.73. The highest BCUT2D eigenvalue weighted by Crippen LogP contribution is 2.31. The predicted octanol–water partition coefficient (Wildman–Crippen LogP) is 1.34. The van der Waals surface area contributed by atoms with E-state index in [9.17, 15) is 26.0 Å². The fourth-order valence-electron chi connectivity index (χ4n) is 1.27. The van der Waals surface area contributed by atoms with Crippen molar-refractivity contribution in [3.8, 4) is 0 Å². The number of hydrogen-bond acceptors (Lipinski definition) is 3. The van der Waals surface area contributed by atoms with Crippen molar-refractivity contribution in [2.45, 2.75) is 11.1 Å². The standard InChI is InChI=1S/C10H12F4N2O2S/c1-15-4-5-16-19(17,18)9-6-7(10(12,13)14)2-3-8(9)11/h2-3,6,15-16H,4-5H2,1H3. The van der Waals surface area contributed by atoms with Crippen molar-refractivity contribution in [1.82, 2.24) is 10.0 Å². The van der Waals surface area contributed by atoms with Crippen LogP contribution in [0.25, 0.3) is 0 Å². The molecule has 0 fully saturated rings. The summed E-state index contributed by atoms with van der Waals surface area (Å²) in [5.41, 5.74) is -1.22. The van der Waals surface area contributed by atoms with Crippen LogP contribution in [-0.4, -0.2) is 28.6 Å². The van der Waals surface area contributed by atoms with Crippen molar-refractivity contribution < 1.29 is 26.0 Å². The van der Waals surface area contributed by atoms with E-state index in [1.807, 2.05) is 4.72 Å². The second-order valence-electron chi connectivity index (χ2n) is 3.64. The first kappa shape index (κ1) is 15.9. The van der Waals surface area contributed by atoms with E-state index < -0.39 is 32.5 Å². The molecule has 0 heterocycles. The lowest BCUT2D eigenvalue weighted by Gasteiger charge is -2.11. The molecule has 1 rings (SSSR count). The molecule has 0 spiro atoms. The van der Waals surface area contributed by atoms with E-state index in [0.29, 0.717) is 12.1 Å². The first-order valence-electron chi connectivity index (χ1n) is 5.19. The summed E-state index contributed by atoms with van der Waals surface area (Å²) >= 11 is 0. The van der Waals surface area contributed by atoms with Crippen LogP contribution in [0, 0.1) is 5.82 Å². The summed E-state index contributed by atoms with van der Waals surface area (Å²) in [6, 6.07) is 1.24. The first-order chi connectivity index (χ1) is 8.68. The molecule has 0 radical (unpaired) electrons. The van der Waals surface area contributed by atoms with E-state index in [1.165, 1.54) is 0 Å². The lowest BCUT2D eigenvalue weighted by Crippen LogP contribution is -2.31. The second-order valence-corrected chi connectivity index (χ2v) is 5.38. The molecule has 0 saturated heterocycles. The molecule has 0 bridgehead atoms. The van der Waals surface area contributed by atoms with Crippen molar-refractivity contribution in [2.75, 3.05) is 20.1 Å². The van der Waals surface area contributed by atoms with E-state index in [-0.39, 0.29) is 19.2 Å². The SMILES string of the molecule is CNCCNS(=O)(=O)c1cc(C(F)(F)F)ccc1F. The molecule has 0 aliphatic heterocycles. The summed E-state index contributed by atoms with van der Waals surface area (Å²) in [5.74, 6) is -1.23. The van der Waals surface area contributed by atoms with E-state index in [2.05, 4.69) is 5.32 Å². The maximum absolute atomic E-state index is 13.4. The quantitative estimate of drug-likeness (QED) is 0.637. The van der Waals surface area contributed by atoms with Crippen LogP contribution in [0.15, 0.2) is 23.1 Å². The molecule has 1 aromatic rings. The van der Waals surface area contributed by atoms with E-state index >= 15 is 0 Å². The third kappa shape index (κ3) is 4.15. The molecule has 0 aliphatic carbocycles. The Hall–Kier alpha value is -1.19. The Morgan fingerprint density at radius 3 is 2.37 bits per heavy atom. The molecule has 0 atom stereocenters. The lowest BCUT2D eigenvalue weighted by molar-refractivity contribution is -0.137. The number of likely N-dealkylation sites (N-methyl/N-ethyl adjacent to an activating group) is 1. The Labute approximate surface area is 107 Å². The zero-order valence-corrected chi connectivity index (χ0v) is 10.7. The molecule has 0 saturated carbocycles. The Morgan fingerprint density at radius 2 is 1.84 bits per heavy atom. The summed E-state index contributed by atoms with van der Waals surface area (Å²) < 4.78 is 76.0. The summed E-state index contributed by atoms with van der Waals surface area (Å²) in [7, 11) is -2.74. The minimum Gasteiger partial charge on any atom is -0.318 e. The number of alkyl halides is 3. The van der Waals surface area contributed by atoms with Crippen LogP contribution in [0.3, 0.4) is 0 Å². The van der Waals surface area contributed by atoms with Gasteiger partial charge in [-0.3, -0.25) is 0 Å². The molecule has 19 heavy (non-hydrogen) atoms. The molecule has 0 amide bonds. The van der Waals surface area contributed by atoms with Gasteiger partial charge in [-0.2, -0.15) is 13.2 Å². The maximum Gasteiger partial charge on any atom is 0.416 e. The summed E-state index contributed by atoms with van der Waals surface area (Å²) in [4.78, 5) is -1.02. The van der Waals surface area contributed by atoms with Gasteiger partial charge in [-0.25, -0.2) is 17.5 Å². The van der Waals surface area contributed by atoms with Crippen LogP contribution in [0.2, 0.25) is 0 Å². The zero-order valence-electron chi connectivity index (χ0n) is 9.88. The van der Waals surface area contributed by atoms with Gasteiger partial charge in [0.25, 0.3) is 0 Å². The first-order valence-corrected chi connectivity index (χ1v) is 6.68. The smallest absolute Gasteiger partial charge is 0.318 e. The van der Waals surface area contributed by atoms with Gasteiger partial charge < -0.3 is 5.32 Å². The molecule has 9 heteroatoms. The minimum absolute atomic E-state index is 0.0610. The number of nitrogens with one attached hydrogen (secondary N) is 2. The van der Waals surface area contributed by atoms with Gasteiger partial charge in [0, 0.05) is 13.1 Å². The molecule has 4 nitrogen and oxygen atoms in total. The Kier molecular flexibility index (Phi) is 4.88. The van der Waals surface area contributed by atoms with Crippen LogP contribution in [0.1, 0.15) is 5.56 Å². The van der Waals surface area contributed by atoms with Gasteiger partial charge >= 0.3 is 6.18 Å². The predicted molar refractivity (Wildman–Crippen MR) is 60.5 cm³/mol. The molecule has 0 aliphatic rings. The minimum atomic E-state index is -4.73. The van der Waals surface area contributed by atoms with E-state index in [1.54, 1.807) is 7.05 Å². The zero-order chi connectivity index (χ0) is 14.7. The maximum atomic E-state index is 13.4. The topological polar surface area (TPSA) is 58.2 Å². The molecule has 0 unspecified atom stereocenters. The lowest BCUT2D eigenvalue weighted by atomic mass is 10.2. The van der Waals surface area contributed by atoms with Crippen LogP contribution >= 0.6 is 0 Å². The second kappa shape index (κ2) is 5.85. The normalized spacial score (nSPS) is 12.7. The third-order valence-corrected chi connectivity index (χ3v) is 3.69. The molecular formula is C10H12F4N2O2S. The number of rotatable bonds is 5. The number of benzene rings is 1. The van der Waals surface area contributed by atoms with E-state index in [4.69, 9.17) is 0 Å². The molecule has 108 valence electrons. The van der Waals surface area contributed by atoms with Gasteiger partial charge in [-0.15, -0.1) is 0 Å². The third-order valence-electron chi connectivity index (χ3n) is 2.22. The van der Waals surface area contributed by atoms with Crippen molar-refractivity contribution >= 4 is 10.0 Å². The van der Waals surface area contributed by atoms with Gasteiger partial charge in [0.2, 0.25) is 10.0 Å². The van der Waals surface area contributed by atoms with Crippen LogP contribution in [0.5, 0.6) is 0 Å². The Morgan fingerprint density at radius 1 is 1.21 bits per heavy atom. The highest BCUT2D eigenvalue weighted by atomic mass is 32.2. The highest BCUT2D eigenvalue weighted by Gasteiger charge is 2.32. The Bertz CT molecular complexity index is 543. The summed E-state index contributed by atoms with van der Waals surface area (Å²) in [5, 5.41) is 2.64. The highest BCUT2D eigenvalue weighted by molar-refractivity contribution is 7.89. The molecule has 0 aromatic heterocycles. The molecule has 2 N–H and O–H groups in total. The average molecular weight is 300 g/mol. The van der Waals surface area contributed by atoms with E-state index in [0.717, 1.165) is 0 Å². The van der Waals surface area contributed by atoms with Gasteiger partial charge in [-0.1, -0.05) is 0 Å². The number of sulfonamides is 1. The number of halogens is 4. The van der Waals surface area contributed by atoms with Crippen molar-refractivity contribution in [1.29, 1.82) is 0 Å². The van der Waals surface area contributed by atoms with Gasteiger partial charge in [0.05, 0.1) is 5.56 Å². The van der Waals surface area contributed by atoms with Crippen molar-refractivity contribution in [3.05, 3.63) is 29.6 Å². The molecular weight excluding hydrogens is 288 g/mol.